The summed E-state index contributed by atoms with van der Waals surface area (Å²) >= 11 is 0. The molecule has 144 valence electrons. The number of β-amino-alcohol motifs (C(OH)–C–C–N with tert-alkyl or cyclic N) is 1. The van der Waals surface area contributed by atoms with Gasteiger partial charge in [0.05, 0.1) is 13.1 Å². The summed E-state index contributed by atoms with van der Waals surface area (Å²) < 4.78 is 53.0. The summed E-state index contributed by atoms with van der Waals surface area (Å²) in [4.78, 5) is 13.2. The summed E-state index contributed by atoms with van der Waals surface area (Å²) in [6.45, 7) is 0.0610. The van der Waals surface area contributed by atoms with Crippen LogP contribution in [-0.4, -0.2) is 33.1 Å². The lowest BCUT2D eigenvalue weighted by Crippen LogP contribution is -2.60. The second-order valence-corrected chi connectivity index (χ2v) is 6.56. The van der Waals surface area contributed by atoms with Crippen molar-refractivity contribution in [1.82, 2.24) is 15.0 Å². The average Bonchev–Trinajstić information content (AvgIpc) is 2.66. The summed E-state index contributed by atoms with van der Waals surface area (Å²) in [6.07, 6.45) is -1.76. The third kappa shape index (κ3) is 3.40. The standard InChI is InChI=1S/C19H14F4N4O/c20-14-3-1-13(2-4-14)18(28)10-27(11-18)16-9-15(19(21,22)23)25-17(26-16)12-5-7-24-8-6-12/h1-9,28H,10-11H2. The Morgan fingerprint density at radius 3 is 2.21 bits per heavy atom. The Labute approximate surface area is 157 Å². The van der Waals surface area contributed by atoms with Crippen molar-refractivity contribution in [3.63, 3.8) is 0 Å². The van der Waals surface area contributed by atoms with Gasteiger partial charge in [-0.15, -0.1) is 0 Å². The maximum atomic E-state index is 13.3. The van der Waals surface area contributed by atoms with Crippen LogP contribution >= 0.6 is 0 Å². The molecule has 2 aromatic heterocycles. The second-order valence-electron chi connectivity index (χ2n) is 6.56. The number of aliphatic hydroxyl groups is 1. The molecule has 1 saturated heterocycles. The number of pyridine rings is 1. The molecular weight excluding hydrogens is 376 g/mol. The SMILES string of the molecule is OC1(c2ccc(F)cc2)CN(c2cc(C(F)(F)F)nc(-c3ccncc3)n2)C1. The minimum atomic E-state index is -4.64. The van der Waals surface area contributed by atoms with Gasteiger partial charge in [-0.25, -0.2) is 14.4 Å². The number of rotatable bonds is 3. The van der Waals surface area contributed by atoms with E-state index in [9.17, 15) is 22.7 Å². The molecule has 0 saturated carbocycles. The van der Waals surface area contributed by atoms with Crippen LogP contribution in [0.2, 0.25) is 0 Å². The van der Waals surface area contributed by atoms with Crippen molar-refractivity contribution in [2.45, 2.75) is 11.8 Å². The molecule has 1 aliphatic rings. The first-order valence-corrected chi connectivity index (χ1v) is 8.35. The van der Waals surface area contributed by atoms with Crippen LogP contribution in [0.5, 0.6) is 0 Å². The first-order chi connectivity index (χ1) is 13.2. The third-order valence-electron chi connectivity index (χ3n) is 4.55. The molecule has 9 heteroatoms. The average molecular weight is 390 g/mol. The van der Waals surface area contributed by atoms with Crippen molar-refractivity contribution in [1.29, 1.82) is 0 Å². The Morgan fingerprint density at radius 2 is 1.61 bits per heavy atom. The largest absolute Gasteiger partial charge is 0.433 e. The highest BCUT2D eigenvalue weighted by molar-refractivity contribution is 5.58. The van der Waals surface area contributed by atoms with Crippen LogP contribution in [0.4, 0.5) is 23.4 Å². The van der Waals surface area contributed by atoms with Crippen LogP contribution in [0.25, 0.3) is 11.4 Å². The highest BCUT2D eigenvalue weighted by Crippen LogP contribution is 2.37. The van der Waals surface area contributed by atoms with Crippen LogP contribution in [0.1, 0.15) is 11.3 Å². The number of hydrogen-bond donors (Lipinski definition) is 1. The number of nitrogens with zero attached hydrogens (tertiary/aromatic N) is 4. The number of aromatic nitrogens is 3. The molecule has 0 amide bonds. The third-order valence-corrected chi connectivity index (χ3v) is 4.55. The van der Waals surface area contributed by atoms with E-state index in [1.54, 1.807) is 0 Å². The summed E-state index contributed by atoms with van der Waals surface area (Å²) in [5, 5.41) is 10.7. The maximum absolute atomic E-state index is 13.3. The van der Waals surface area contributed by atoms with E-state index in [-0.39, 0.29) is 24.7 Å². The van der Waals surface area contributed by atoms with Gasteiger partial charge in [-0.3, -0.25) is 4.98 Å². The molecule has 0 bridgehead atoms. The van der Waals surface area contributed by atoms with Crippen LogP contribution < -0.4 is 4.90 Å². The monoisotopic (exact) mass is 390 g/mol. The van der Waals surface area contributed by atoms with Gasteiger partial charge in [0, 0.05) is 24.0 Å². The molecule has 28 heavy (non-hydrogen) atoms. The Hall–Kier alpha value is -3.07. The van der Waals surface area contributed by atoms with Gasteiger partial charge >= 0.3 is 6.18 Å². The molecule has 1 aromatic carbocycles. The van der Waals surface area contributed by atoms with Crippen LogP contribution in [0, 0.1) is 5.82 Å². The molecule has 3 heterocycles. The molecule has 0 atom stereocenters. The van der Waals surface area contributed by atoms with Gasteiger partial charge < -0.3 is 10.0 Å². The second kappa shape index (κ2) is 6.52. The molecule has 0 radical (unpaired) electrons. The van der Waals surface area contributed by atoms with Crippen LogP contribution in [-0.2, 0) is 11.8 Å². The minimum Gasteiger partial charge on any atom is -0.381 e. The first kappa shape index (κ1) is 18.3. The Morgan fingerprint density at radius 1 is 0.964 bits per heavy atom. The van der Waals surface area contributed by atoms with E-state index in [0.29, 0.717) is 11.1 Å². The molecule has 0 unspecified atom stereocenters. The number of halogens is 4. The lowest BCUT2D eigenvalue weighted by atomic mass is 9.86. The molecule has 1 fully saturated rings. The van der Waals surface area contributed by atoms with E-state index in [1.807, 2.05) is 0 Å². The lowest BCUT2D eigenvalue weighted by molar-refractivity contribution is -0.141. The predicted molar refractivity (Wildman–Crippen MR) is 92.8 cm³/mol. The Balaban J connectivity index is 1.66. The van der Waals surface area contributed by atoms with E-state index >= 15 is 0 Å². The van der Waals surface area contributed by atoms with E-state index in [0.717, 1.165) is 6.07 Å². The molecule has 5 nitrogen and oxygen atoms in total. The molecular formula is C19H14F4N4O. The molecule has 1 aliphatic heterocycles. The van der Waals surface area contributed by atoms with Gasteiger partial charge in [0.2, 0.25) is 0 Å². The Kier molecular flexibility index (Phi) is 4.26. The zero-order valence-electron chi connectivity index (χ0n) is 14.4. The number of benzene rings is 1. The van der Waals surface area contributed by atoms with Gasteiger partial charge in [-0.2, -0.15) is 13.2 Å². The predicted octanol–water partition coefficient (Wildman–Crippen LogP) is 3.40. The van der Waals surface area contributed by atoms with Crippen LogP contribution in [0.15, 0.2) is 54.9 Å². The number of anilines is 1. The van der Waals surface area contributed by atoms with Gasteiger partial charge in [0.1, 0.15) is 17.2 Å². The van der Waals surface area contributed by atoms with Gasteiger partial charge in [0.25, 0.3) is 0 Å². The minimum absolute atomic E-state index is 0.0305. The fraction of sp³-hybridized carbons (Fsp3) is 0.211. The van der Waals surface area contributed by atoms with Gasteiger partial charge in [-0.05, 0) is 29.8 Å². The fourth-order valence-electron chi connectivity index (χ4n) is 3.06. The van der Waals surface area contributed by atoms with E-state index in [2.05, 4.69) is 15.0 Å². The fourth-order valence-corrected chi connectivity index (χ4v) is 3.06. The normalized spacial score (nSPS) is 16.0. The smallest absolute Gasteiger partial charge is 0.381 e. The molecule has 4 rings (SSSR count). The zero-order valence-corrected chi connectivity index (χ0v) is 14.4. The van der Waals surface area contributed by atoms with E-state index in [1.165, 1.54) is 53.7 Å². The van der Waals surface area contributed by atoms with E-state index in [4.69, 9.17) is 0 Å². The van der Waals surface area contributed by atoms with Crippen molar-refractivity contribution in [3.05, 3.63) is 71.9 Å². The van der Waals surface area contributed by atoms with Gasteiger partial charge in [-0.1, -0.05) is 12.1 Å². The number of hydrogen-bond acceptors (Lipinski definition) is 5. The molecule has 3 aromatic rings. The quantitative estimate of drug-likeness (QED) is 0.695. The highest BCUT2D eigenvalue weighted by atomic mass is 19.4. The van der Waals surface area contributed by atoms with Crippen molar-refractivity contribution in [2.24, 2.45) is 0 Å². The highest BCUT2D eigenvalue weighted by Gasteiger charge is 2.44. The van der Waals surface area contributed by atoms with Crippen LogP contribution in [0.3, 0.4) is 0 Å². The topological polar surface area (TPSA) is 62.1 Å². The van der Waals surface area contributed by atoms with Crippen molar-refractivity contribution in [2.75, 3.05) is 18.0 Å². The number of alkyl halides is 3. The van der Waals surface area contributed by atoms with Crippen molar-refractivity contribution >= 4 is 5.82 Å². The van der Waals surface area contributed by atoms with Crippen molar-refractivity contribution in [3.8, 4) is 11.4 Å². The Bertz CT molecular complexity index is 987. The molecule has 0 spiro atoms. The maximum Gasteiger partial charge on any atom is 0.433 e. The van der Waals surface area contributed by atoms with E-state index < -0.39 is 23.3 Å². The summed E-state index contributed by atoms with van der Waals surface area (Å²) in [6, 6.07) is 9.25. The summed E-state index contributed by atoms with van der Waals surface area (Å²) in [5.41, 5.74) is -1.46. The van der Waals surface area contributed by atoms with Crippen molar-refractivity contribution < 1.29 is 22.7 Å². The molecule has 0 aliphatic carbocycles. The molecule has 1 N–H and O–H groups in total. The first-order valence-electron chi connectivity index (χ1n) is 8.35. The summed E-state index contributed by atoms with van der Waals surface area (Å²) in [5.74, 6) is -0.457. The lowest BCUT2D eigenvalue weighted by Gasteiger charge is -2.47. The van der Waals surface area contributed by atoms with Gasteiger partial charge in [0.15, 0.2) is 11.5 Å². The zero-order chi connectivity index (χ0) is 19.9. The summed E-state index contributed by atoms with van der Waals surface area (Å²) in [7, 11) is 0.